The molecule has 14 aromatic rings. The van der Waals surface area contributed by atoms with Gasteiger partial charge in [-0.1, -0.05) is 133 Å². The maximum absolute atomic E-state index is 6.42. The van der Waals surface area contributed by atoms with Gasteiger partial charge in [-0.15, -0.1) is 0 Å². The van der Waals surface area contributed by atoms with Gasteiger partial charge in [-0.25, -0.2) is 0 Å². The molecule has 0 saturated carbocycles. The zero-order valence-corrected chi connectivity index (χ0v) is 34.5. The average molecular weight is 817 g/mol. The molecule has 0 aliphatic rings. The summed E-state index contributed by atoms with van der Waals surface area (Å²) in [4.78, 5) is 0. The Bertz CT molecular complexity index is 3910. The van der Waals surface area contributed by atoms with Crippen LogP contribution >= 0.6 is 0 Å². The van der Waals surface area contributed by atoms with Gasteiger partial charge in [0.25, 0.3) is 0 Å². The molecule has 0 bridgehead atoms. The van der Waals surface area contributed by atoms with Crippen molar-refractivity contribution in [1.82, 2.24) is 9.13 Å². The van der Waals surface area contributed by atoms with Crippen LogP contribution in [0.25, 0.3) is 132 Å². The molecule has 4 aromatic heterocycles. The minimum atomic E-state index is 0.880. The lowest BCUT2D eigenvalue weighted by molar-refractivity contribution is 0.668. The average Bonchev–Trinajstić information content (AvgIpc) is 4.11. The van der Waals surface area contributed by atoms with Crippen molar-refractivity contribution in [3.63, 3.8) is 0 Å². The highest BCUT2D eigenvalue weighted by Crippen LogP contribution is 2.45. The molecule has 0 saturated heterocycles. The fourth-order valence-corrected chi connectivity index (χ4v) is 10.5. The Hall–Kier alpha value is -8.60. The summed E-state index contributed by atoms with van der Waals surface area (Å²) in [6.45, 7) is 0. The monoisotopic (exact) mass is 816 g/mol. The summed E-state index contributed by atoms with van der Waals surface area (Å²) in [5, 5.41) is 9.30. The van der Waals surface area contributed by atoms with Gasteiger partial charge in [0.05, 0.1) is 22.1 Å². The molecule has 0 aliphatic carbocycles. The Morgan fingerprint density at radius 1 is 0.250 bits per heavy atom. The SMILES string of the molecule is c1ccc(-c2ccc3oc4ccc(-n5c6ccccc6c6c(-c7cccc8c7c7ccccc7n8-c7ccc8oc9ccc(-c%10ccccc%10)cc9c8c7)cccc65)cc4c3c2)cc1. The van der Waals surface area contributed by atoms with E-state index in [9.17, 15) is 0 Å². The second kappa shape index (κ2) is 13.4. The van der Waals surface area contributed by atoms with E-state index >= 15 is 0 Å². The van der Waals surface area contributed by atoms with E-state index in [2.05, 4.69) is 228 Å². The predicted molar refractivity (Wildman–Crippen MR) is 266 cm³/mol. The number of benzene rings is 10. The van der Waals surface area contributed by atoms with Crippen LogP contribution in [0.5, 0.6) is 0 Å². The van der Waals surface area contributed by atoms with Crippen LogP contribution in [0.15, 0.2) is 227 Å². The Morgan fingerprint density at radius 3 is 1.08 bits per heavy atom. The third-order valence-electron chi connectivity index (χ3n) is 13.3. The number of para-hydroxylation sites is 2. The molecule has 0 atom stereocenters. The summed E-state index contributed by atoms with van der Waals surface area (Å²) in [7, 11) is 0. The molecular weight excluding hydrogens is 781 g/mol. The summed E-state index contributed by atoms with van der Waals surface area (Å²) in [5.41, 5.74) is 17.5. The quantitative estimate of drug-likeness (QED) is 0.173. The van der Waals surface area contributed by atoms with Gasteiger partial charge in [0.1, 0.15) is 22.3 Å². The largest absolute Gasteiger partial charge is 0.456 e. The minimum absolute atomic E-state index is 0.880. The molecule has 64 heavy (non-hydrogen) atoms. The highest BCUT2D eigenvalue weighted by atomic mass is 16.3. The van der Waals surface area contributed by atoms with E-state index in [0.29, 0.717) is 0 Å². The van der Waals surface area contributed by atoms with Gasteiger partial charge in [-0.3, -0.25) is 0 Å². The maximum atomic E-state index is 6.42. The first-order chi connectivity index (χ1) is 31.7. The minimum Gasteiger partial charge on any atom is -0.456 e. The van der Waals surface area contributed by atoms with Crippen LogP contribution in [0.4, 0.5) is 0 Å². The molecule has 4 nitrogen and oxygen atoms in total. The van der Waals surface area contributed by atoms with E-state index in [1.807, 2.05) is 0 Å². The number of rotatable bonds is 5. The fourth-order valence-electron chi connectivity index (χ4n) is 10.5. The third kappa shape index (κ3) is 5.11. The van der Waals surface area contributed by atoms with Crippen molar-refractivity contribution in [1.29, 1.82) is 0 Å². The summed E-state index contributed by atoms with van der Waals surface area (Å²) in [6, 6.07) is 78.5. The van der Waals surface area contributed by atoms with Gasteiger partial charge in [0.15, 0.2) is 0 Å². The van der Waals surface area contributed by atoms with Crippen LogP contribution in [0.2, 0.25) is 0 Å². The molecule has 0 spiro atoms. The zero-order valence-electron chi connectivity index (χ0n) is 34.5. The van der Waals surface area contributed by atoms with E-state index in [-0.39, 0.29) is 0 Å². The molecule has 14 rings (SSSR count). The van der Waals surface area contributed by atoms with Gasteiger partial charge >= 0.3 is 0 Å². The molecule has 4 heterocycles. The van der Waals surface area contributed by atoms with E-state index in [4.69, 9.17) is 8.83 Å². The number of fused-ring (bicyclic) bond motifs is 12. The smallest absolute Gasteiger partial charge is 0.135 e. The normalized spacial score (nSPS) is 12.1. The number of aromatic nitrogens is 2. The number of hydrogen-bond acceptors (Lipinski definition) is 2. The Labute approximate surface area is 367 Å². The Morgan fingerprint density at radius 2 is 0.625 bits per heavy atom. The first-order valence-electron chi connectivity index (χ1n) is 21.8. The van der Waals surface area contributed by atoms with Gasteiger partial charge in [0, 0.05) is 54.5 Å². The summed E-state index contributed by atoms with van der Waals surface area (Å²) >= 11 is 0. The van der Waals surface area contributed by atoms with E-state index in [1.165, 1.54) is 54.9 Å². The number of hydrogen-bond donors (Lipinski definition) is 0. The van der Waals surface area contributed by atoms with Crippen molar-refractivity contribution in [3.05, 3.63) is 218 Å². The van der Waals surface area contributed by atoms with E-state index < -0.39 is 0 Å². The lowest BCUT2D eigenvalue weighted by atomic mass is 9.95. The van der Waals surface area contributed by atoms with Gasteiger partial charge in [-0.2, -0.15) is 0 Å². The van der Waals surface area contributed by atoms with Gasteiger partial charge in [0.2, 0.25) is 0 Å². The van der Waals surface area contributed by atoms with Crippen molar-refractivity contribution in [2.75, 3.05) is 0 Å². The Kier molecular flexibility index (Phi) is 7.36. The third-order valence-corrected chi connectivity index (χ3v) is 13.3. The molecule has 0 unspecified atom stereocenters. The number of nitrogens with zero attached hydrogens (tertiary/aromatic N) is 2. The second-order valence-corrected chi connectivity index (χ2v) is 16.8. The van der Waals surface area contributed by atoms with Crippen LogP contribution in [-0.2, 0) is 0 Å². The molecule has 0 fully saturated rings. The first-order valence-corrected chi connectivity index (χ1v) is 21.8. The fraction of sp³-hybridized carbons (Fsp3) is 0. The van der Waals surface area contributed by atoms with Crippen LogP contribution in [-0.4, -0.2) is 9.13 Å². The van der Waals surface area contributed by atoms with Crippen molar-refractivity contribution in [3.8, 4) is 44.8 Å². The van der Waals surface area contributed by atoms with Gasteiger partial charge in [-0.05, 0) is 118 Å². The number of furan rings is 2. The molecule has 0 amide bonds. The summed E-state index contributed by atoms with van der Waals surface area (Å²) in [6.07, 6.45) is 0. The van der Waals surface area contributed by atoms with Crippen LogP contribution in [0, 0.1) is 0 Å². The van der Waals surface area contributed by atoms with Crippen molar-refractivity contribution in [2.24, 2.45) is 0 Å². The molecule has 0 aliphatic heterocycles. The first kappa shape index (κ1) is 35.0. The van der Waals surface area contributed by atoms with Gasteiger partial charge < -0.3 is 18.0 Å². The molecule has 0 N–H and O–H groups in total. The standard InChI is InChI=1S/C60H36N2O2/c1-3-13-37(14-4-1)39-25-29-55-47(33-39)49-35-41(27-31-57(49)63-55)61-51-21-9-7-17-45(51)59-43(19-11-23-53(59)61)44-20-12-24-54-60(44)46-18-8-10-22-52(46)62(54)42-28-32-58-50(36-42)48-34-40(26-30-56(48)64-58)38-15-5-2-6-16-38/h1-36H. The molecule has 10 aromatic carbocycles. The lowest BCUT2D eigenvalue weighted by Crippen LogP contribution is -1.94. The molecule has 0 radical (unpaired) electrons. The van der Waals surface area contributed by atoms with E-state index in [1.54, 1.807) is 0 Å². The molecule has 4 heteroatoms. The van der Waals surface area contributed by atoms with Crippen molar-refractivity contribution in [2.45, 2.75) is 0 Å². The van der Waals surface area contributed by atoms with Crippen LogP contribution in [0.1, 0.15) is 0 Å². The van der Waals surface area contributed by atoms with Crippen molar-refractivity contribution >= 4 is 87.5 Å². The Balaban J connectivity index is 0.970. The summed E-state index contributed by atoms with van der Waals surface area (Å²) in [5.74, 6) is 0. The predicted octanol–water partition coefficient (Wildman–Crippen LogP) is 16.7. The second-order valence-electron chi connectivity index (χ2n) is 16.8. The zero-order chi connectivity index (χ0) is 41.9. The van der Waals surface area contributed by atoms with Crippen molar-refractivity contribution < 1.29 is 8.83 Å². The van der Waals surface area contributed by atoms with Crippen LogP contribution in [0.3, 0.4) is 0 Å². The topological polar surface area (TPSA) is 36.1 Å². The summed E-state index contributed by atoms with van der Waals surface area (Å²) < 4.78 is 17.7. The maximum Gasteiger partial charge on any atom is 0.135 e. The highest BCUT2D eigenvalue weighted by Gasteiger charge is 2.22. The van der Waals surface area contributed by atoms with Crippen LogP contribution < -0.4 is 0 Å². The molecule has 298 valence electrons. The lowest BCUT2D eigenvalue weighted by Gasteiger charge is -2.11. The molecular formula is C60H36N2O2. The van der Waals surface area contributed by atoms with E-state index in [0.717, 1.165) is 77.3 Å². The highest BCUT2D eigenvalue weighted by molar-refractivity contribution is 6.22.